The fourth-order valence-electron chi connectivity index (χ4n) is 1.34. The van der Waals surface area contributed by atoms with Crippen molar-refractivity contribution in [3.63, 3.8) is 0 Å². The maximum absolute atomic E-state index is 10.8. The summed E-state index contributed by atoms with van der Waals surface area (Å²) in [5, 5.41) is 3.75. The van der Waals surface area contributed by atoms with E-state index < -0.39 is 6.09 Å². The van der Waals surface area contributed by atoms with Crippen molar-refractivity contribution >= 4 is 29.3 Å². The van der Waals surface area contributed by atoms with E-state index in [9.17, 15) is 4.79 Å². The number of carbonyl (C=O) groups excluding carboxylic acids is 1. The Balaban J connectivity index is 2.28. The molecule has 74 valence electrons. The van der Waals surface area contributed by atoms with E-state index in [-0.39, 0.29) is 6.04 Å². The van der Waals surface area contributed by atoms with Crippen LogP contribution in [0.15, 0.2) is 18.2 Å². The van der Waals surface area contributed by atoms with Crippen molar-refractivity contribution in [3.05, 3.63) is 33.8 Å². The third kappa shape index (κ3) is 1.79. The van der Waals surface area contributed by atoms with Gasteiger partial charge in [0.15, 0.2) is 0 Å². The third-order valence-corrected chi connectivity index (χ3v) is 2.57. The molecule has 3 nitrogen and oxygen atoms in total. The highest BCUT2D eigenvalue weighted by atomic mass is 35.5. The van der Waals surface area contributed by atoms with Crippen molar-refractivity contribution in [2.24, 2.45) is 0 Å². The van der Waals surface area contributed by atoms with Crippen LogP contribution < -0.4 is 5.32 Å². The highest BCUT2D eigenvalue weighted by Gasteiger charge is 2.25. The topological polar surface area (TPSA) is 38.3 Å². The zero-order valence-corrected chi connectivity index (χ0v) is 8.60. The van der Waals surface area contributed by atoms with E-state index in [1.165, 1.54) is 0 Å². The van der Waals surface area contributed by atoms with Crippen molar-refractivity contribution in [1.29, 1.82) is 0 Å². The molecule has 1 atom stereocenters. The molecule has 1 N–H and O–H groups in total. The Bertz CT molecular complexity index is 381. The Labute approximate surface area is 91.0 Å². The molecule has 1 unspecified atom stereocenters. The van der Waals surface area contributed by atoms with Gasteiger partial charge < -0.3 is 10.1 Å². The molecule has 14 heavy (non-hydrogen) atoms. The zero-order chi connectivity index (χ0) is 10.1. The number of halogens is 2. The summed E-state index contributed by atoms with van der Waals surface area (Å²) in [6.07, 6.45) is -0.416. The van der Waals surface area contributed by atoms with Crippen molar-refractivity contribution in [2.75, 3.05) is 6.61 Å². The molecule has 0 radical (unpaired) electrons. The van der Waals surface area contributed by atoms with Crippen LogP contribution >= 0.6 is 23.2 Å². The van der Waals surface area contributed by atoms with E-state index in [1.807, 2.05) is 0 Å². The molecule has 2 rings (SSSR count). The lowest BCUT2D eigenvalue weighted by Gasteiger charge is -2.09. The molecule has 0 spiro atoms. The lowest BCUT2D eigenvalue weighted by Crippen LogP contribution is -2.18. The van der Waals surface area contributed by atoms with Gasteiger partial charge in [-0.05, 0) is 17.7 Å². The van der Waals surface area contributed by atoms with E-state index in [0.717, 1.165) is 5.56 Å². The monoisotopic (exact) mass is 231 g/mol. The van der Waals surface area contributed by atoms with Crippen molar-refractivity contribution in [2.45, 2.75) is 6.04 Å². The van der Waals surface area contributed by atoms with Gasteiger partial charge in [0.05, 0.1) is 6.04 Å². The molecule has 5 heteroatoms. The van der Waals surface area contributed by atoms with Crippen LogP contribution in [0.2, 0.25) is 10.0 Å². The molecule has 1 heterocycles. The molecule has 1 aromatic rings. The highest BCUT2D eigenvalue weighted by Crippen LogP contribution is 2.28. The lowest BCUT2D eigenvalue weighted by atomic mass is 10.1. The number of amides is 1. The van der Waals surface area contributed by atoms with Gasteiger partial charge in [-0.3, -0.25) is 0 Å². The molecule has 1 fully saturated rings. The van der Waals surface area contributed by atoms with Gasteiger partial charge in [0.2, 0.25) is 0 Å². The fraction of sp³-hybridized carbons (Fsp3) is 0.222. The smallest absolute Gasteiger partial charge is 0.407 e. The summed E-state index contributed by atoms with van der Waals surface area (Å²) < 4.78 is 4.76. The minimum atomic E-state index is -0.416. The molecule has 1 amide bonds. The first-order valence-electron chi connectivity index (χ1n) is 4.05. The van der Waals surface area contributed by atoms with Gasteiger partial charge in [-0.1, -0.05) is 29.3 Å². The molecule has 1 saturated heterocycles. The van der Waals surface area contributed by atoms with Crippen LogP contribution in [-0.2, 0) is 4.74 Å². The second-order valence-corrected chi connectivity index (χ2v) is 3.80. The van der Waals surface area contributed by atoms with E-state index in [1.54, 1.807) is 18.2 Å². The Kier molecular flexibility index (Phi) is 2.52. The molecule has 0 aromatic heterocycles. The van der Waals surface area contributed by atoms with Crippen LogP contribution in [0.3, 0.4) is 0 Å². The Hall–Kier alpha value is -0.930. The maximum Gasteiger partial charge on any atom is 0.407 e. The summed E-state index contributed by atoms with van der Waals surface area (Å²) in [7, 11) is 0. The van der Waals surface area contributed by atoms with Crippen molar-refractivity contribution < 1.29 is 9.53 Å². The van der Waals surface area contributed by atoms with E-state index in [2.05, 4.69) is 5.32 Å². The predicted octanol–water partition coefficient (Wildman–Crippen LogP) is 2.77. The van der Waals surface area contributed by atoms with E-state index >= 15 is 0 Å². The van der Waals surface area contributed by atoms with Gasteiger partial charge in [-0.2, -0.15) is 0 Å². The second kappa shape index (κ2) is 3.67. The first-order valence-corrected chi connectivity index (χ1v) is 4.80. The van der Waals surface area contributed by atoms with E-state index in [0.29, 0.717) is 16.7 Å². The number of rotatable bonds is 1. The van der Waals surface area contributed by atoms with E-state index in [4.69, 9.17) is 27.9 Å². The van der Waals surface area contributed by atoms with Gasteiger partial charge in [0.1, 0.15) is 6.61 Å². The van der Waals surface area contributed by atoms with Crippen molar-refractivity contribution in [3.8, 4) is 0 Å². The minimum Gasteiger partial charge on any atom is -0.447 e. The molecule has 1 aliphatic rings. The summed E-state index contributed by atoms with van der Waals surface area (Å²) >= 11 is 11.7. The van der Waals surface area contributed by atoms with Gasteiger partial charge in [0.25, 0.3) is 0 Å². The lowest BCUT2D eigenvalue weighted by molar-refractivity contribution is 0.177. The summed E-state index contributed by atoms with van der Waals surface area (Å²) in [5.74, 6) is 0. The number of hydrogen-bond acceptors (Lipinski definition) is 2. The van der Waals surface area contributed by atoms with Crippen LogP contribution in [0.5, 0.6) is 0 Å². The number of alkyl carbamates (subject to hydrolysis) is 1. The van der Waals surface area contributed by atoms with Gasteiger partial charge in [-0.25, -0.2) is 4.79 Å². The normalized spacial score (nSPS) is 20.4. The standard InChI is InChI=1S/C9H7Cl2NO2/c10-5-1-2-6(7(11)3-5)8-4-14-9(13)12-8/h1-3,8H,4H2,(H,12,13). The fourth-order valence-corrected chi connectivity index (χ4v) is 1.88. The minimum absolute atomic E-state index is 0.174. The Morgan fingerprint density at radius 1 is 1.43 bits per heavy atom. The van der Waals surface area contributed by atoms with Gasteiger partial charge in [-0.15, -0.1) is 0 Å². The largest absolute Gasteiger partial charge is 0.447 e. The predicted molar refractivity (Wildman–Crippen MR) is 53.7 cm³/mol. The second-order valence-electron chi connectivity index (χ2n) is 2.96. The Morgan fingerprint density at radius 2 is 2.21 bits per heavy atom. The average molecular weight is 232 g/mol. The average Bonchev–Trinajstić information content (AvgIpc) is 2.51. The number of hydrogen-bond donors (Lipinski definition) is 1. The van der Waals surface area contributed by atoms with Crippen LogP contribution in [0.4, 0.5) is 4.79 Å². The Morgan fingerprint density at radius 3 is 2.79 bits per heavy atom. The first kappa shape index (κ1) is 9.62. The summed E-state index contributed by atoms with van der Waals surface area (Å²) in [5.41, 5.74) is 0.821. The van der Waals surface area contributed by atoms with Gasteiger partial charge in [0, 0.05) is 10.0 Å². The molecular weight excluding hydrogens is 225 g/mol. The quantitative estimate of drug-likeness (QED) is 0.808. The molecule has 0 aliphatic carbocycles. The summed E-state index contributed by atoms with van der Waals surface area (Å²) in [6, 6.07) is 4.98. The van der Waals surface area contributed by atoms with Crippen molar-refractivity contribution in [1.82, 2.24) is 5.32 Å². The van der Waals surface area contributed by atoms with Crippen LogP contribution in [0.1, 0.15) is 11.6 Å². The van der Waals surface area contributed by atoms with Crippen LogP contribution in [0, 0.1) is 0 Å². The third-order valence-electron chi connectivity index (χ3n) is 2.01. The molecule has 0 bridgehead atoms. The molecule has 1 aliphatic heterocycles. The zero-order valence-electron chi connectivity index (χ0n) is 7.09. The SMILES string of the molecule is O=C1NC(c2ccc(Cl)cc2Cl)CO1. The number of carbonyl (C=O) groups is 1. The number of benzene rings is 1. The molecular formula is C9H7Cl2NO2. The number of cyclic esters (lactones) is 1. The molecule has 1 aromatic carbocycles. The highest BCUT2D eigenvalue weighted by molar-refractivity contribution is 6.35. The molecule has 0 saturated carbocycles. The summed E-state index contributed by atoms with van der Waals surface area (Å²) in [4.78, 5) is 10.8. The number of nitrogens with one attached hydrogen (secondary N) is 1. The first-order chi connectivity index (χ1) is 6.66. The van der Waals surface area contributed by atoms with Gasteiger partial charge >= 0.3 is 6.09 Å². The number of ether oxygens (including phenoxy) is 1. The maximum atomic E-state index is 10.8. The summed E-state index contributed by atoms with van der Waals surface area (Å²) in [6.45, 7) is 0.306. The van der Waals surface area contributed by atoms with Crippen LogP contribution in [0.25, 0.3) is 0 Å². The van der Waals surface area contributed by atoms with Crippen LogP contribution in [-0.4, -0.2) is 12.7 Å².